The summed E-state index contributed by atoms with van der Waals surface area (Å²) in [6, 6.07) is 0. The second-order valence-corrected chi connectivity index (χ2v) is 3.85. The number of hydrogen-bond donors (Lipinski definition) is 1. The SMILES string of the molecule is CCCNC(=O)Cc1cnc(C(C)C)o1. The summed E-state index contributed by atoms with van der Waals surface area (Å²) in [6.07, 6.45) is 2.85. The van der Waals surface area contributed by atoms with Crippen molar-refractivity contribution in [3.8, 4) is 0 Å². The molecule has 1 heterocycles. The molecule has 0 spiro atoms. The molecule has 1 rings (SSSR count). The lowest BCUT2D eigenvalue weighted by Crippen LogP contribution is -2.25. The third-order valence-electron chi connectivity index (χ3n) is 1.97. The molecule has 15 heavy (non-hydrogen) atoms. The summed E-state index contributed by atoms with van der Waals surface area (Å²) >= 11 is 0. The van der Waals surface area contributed by atoms with Crippen molar-refractivity contribution in [2.45, 2.75) is 39.5 Å². The van der Waals surface area contributed by atoms with Crippen molar-refractivity contribution >= 4 is 5.91 Å². The Morgan fingerprint density at radius 2 is 2.33 bits per heavy atom. The average Bonchev–Trinajstić information content (AvgIpc) is 2.63. The molecule has 1 N–H and O–H groups in total. The average molecular weight is 210 g/mol. The molecule has 0 aliphatic carbocycles. The van der Waals surface area contributed by atoms with Gasteiger partial charge >= 0.3 is 0 Å². The van der Waals surface area contributed by atoms with E-state index in [2.05, 4.69) is 10.3 Å². The third kappa shape index (κ3) is 3.73. The number of aromatic nitrogens is 1. The van der Waals surface area contributed by atoms with Crippen LogP contribution in [0.3, 0.4) is 0 Å². The molecule has 0 fully saturated rings. The van der Waals surface area contributed by atoms with Crippen LogP contribution in [0, 0.1) is 0 Å². The molecule has 1 amide bonds. The topological polar surface area (TPSA) is 55.1 Å². The number of nitrogens with zero attached hydrogens (tertiary/aromatic N) is 1. The molecule has 0 saturated heterocycles. The van der Waals surface area contributed by atoms with Crippen LogP contribution in [-0.4, -0.2) is 17.4 Å². The van der Waals surface area contributed by atoms with Crippen LogP contribution in [0.15, 0.2) is 10.6 Å². The Morgan fingerprint density at radius 1 is 1.60 bits per heavy atom. The van der Waals surface area contributed by atoms with E-state index in [0.29, 0.717) is 18.2 Å². The smallest absolute Gasteiger partial charge is 0.227 e. The van der Waals surface area contributed by atoms with E-state index in [1.165, 1.54) is 0 Å². The Hall–Kier alpha value is -1.32. The maximum Gasteiger partial charge on any atom is 0.227 e. The van der Waals surface area contributed by atoms with Gasteiger partial charge in [0, 0.05) is 12.5 Å². The number of carbonyl (C=O) groups excluding carboxylic acids is 1. The first kappa shape index (κ1) is 11.8. The van der Waals surface area contributed by atoms with Gasteiger partial charge in [-0.25, -0.2) is 4.98 Å². The highest BCUT2D eigenvalue weighted by Crippen LogP contribution is 2.14. The lowest BCUT2D eigenvalue weighted by atomic mass is 10.2. The maximum atomic E-state index is 11.4. The monoisotopic (exact) mass is 210 g/mol. The number of hydrogen-bond acceptors (Lipinski definition) is 3. The molecule has 0 radical (unpaired) electrons. The van der Waals surface area contributed by atoms with Gasteiger partial charge in [-0.3, -0.25) is 4.79 Å². The van der Waals surface area contributed by atoms with Crippen LogP contribution in [0.4, 0.5) is 0 Å². The predicted octanol–water partition coefficient (Wildman–Crippen LogP) is 1.87. The van der Waals surface area contributed by atoms with Gasteiger partial charge in [0.05, 0.1) is 12.6 Å². The van der Waals surface area contributed by atoms with Crippen molar-refractivity contribution in [2.75, 3.05) is 6.54 Å². The predicted molar refractivity (Wildman–Crippen MR) is 57.6 cm³/mol. The van der Waals surface area contributed by atoms with Crippen LogP contribution in [0.5, 0.6) is 0 Å². The van der Waals surface area contributed by atoms with Gasteiger partial charge in [-0.05, 0) is 6.42 Å². The standard InChI is InChI=1S/C11H18N2O2/c1-4-5-12-10(14)6-9-7-13-11(15-9)8(2)3/h7-8H,4-6H2,1-3H3,(H,12,14). The van der Waals surface area contributed by atoms with E-state index >= 15 is 0 Å². The molecule has 0 aliphatic rings. The van der Waals surface area contributed by atoms with Crippen molar-refractivity contribution < 1.29 is 9.21 Å². The first-order chi connectivity index (χ1) is 7.13. The largest absolute Gasteiger partial charge is 0.445 e. The number of nitrogens with one attached hydrogen (secondary N) is 1. The van der Waals surface area contributed by atoms with Crippen molar-refractivity contribution in [3.05, 3.63) is 17.8 Å². The minimum atomic E-state index is -0.0108. The van der Waals surface area contributed by atoms with Gasteiger partial charge in [0.25, 0.3) is 0 Å². The Labute approximate surface area is 90.1 Å². The normalized spacial score (nSPS) is 10.7. The molecule has 0 unspecified atom stereocenters. The van der Waals surface area contributed by atoms with Gasteiger partial charge in [-0.15, -0.1) is 0 Å². The number of carbonyl (C=O) groups is 1. The maximum absolute atomic E-state index is 11.4. The van der Waals surface area contributed by atoms with Crippen molar-refractivity contribution in [2.24, 2.45) is 0 Å². The van der Waals surface area contributed by atoms with Crippen molar-refractivity contribution in [3.63, 3.8) is 0 Å². The minimum Gasteiger partial charge on any atom is -0.445 e. The van der Waals surface area contributed by atoms with Gasteiger partial charge in [-0.2, -0.15) is 0 Å². The lowest BCUT2D eigenvalue weighted by Gasteiger charge is -2.00. The number of oxazole rings is 1. The lowest BCUT2D eigenvalue weighted by molar-refractivity contribution is -0.120. The summed E-state index contributed by atoms with van der Waals surface area (Å²) in [5, 5.41) is 2.79. The molecule has 1 aromatic rings. The molecular formula is C11H18N2O2. The van der Waals surface area contributed by atoms with E-state index in [0.717, 1.165) is 6.42 Å². The summed E-state index contributed by atoms with van der Waals surface area (Å²) < 4.78 is 5.42. The molecule has 0 atom stereocenters. The van der Waals surface area contributed by atoms with E-state index in [1.807, 2.05) is 20.8 Å². The molecule has 0 saturated carbocycles. The van der Waals surface area contributed by atoms with Crippen LogP contribution in [-0.2, 0) is 11.2 Å². The fraction of sp³-hybridized carbons (Fsp3) is 0.636. The van der Waals surface area contributed by atoms with Crippen LogP contribution >= 0.6 is 0 Å². The molecular weight excluding hydrogens is 192 g/mol. The molecule has 4 heteroatoms. The van der Waals surface area contributed by atoms with Crippen LogP contribution < -0.4 is 5.32 Å². The summed E-state index contributed by atoms with van der Waals surface area (Å²) in [5.41, 5.74) is 0. The second-order valence-electron chi connectivity index (χ2n) is 3.85. The summed E-state index contributed by atoms with van der Waals surface area (Å²) in [6.45, 7) is 6.75. The molecule has 84 valence electrons. The van der Waals surface area contributed by atoms with E-state index in [9.17, 15) is 4.79 Å². The molecule has 0 aliphatic heterocycles. The van der Waals surface area contributed by atoms with Crippen LogP contribution in [0.25, 0.3) is 0 Å². The van der Waals surface area contributed by atoms with Crippen LogP contribution in [0.1, 0.15) is 44.8 Å². The highest BCUT2D eigenvalue weighted by atomic mass is 16.4. The molecule has 0 bridgehead atoms. The zero-order valence-corrected chi connectivity index (χ0v) is 9.54. The Balaban J connectivity index is 2.46. The Kier molecular flexibility index (Phi) is 4.34. The highest BCUT2D eigenvalue weighted by Gasteiger charge is 2.10. The third-order valence-corrected chi connectivity index (χ3v) is 1.97. The van der Waals surface area contributed by atoms with E-state index in [-0.39, 0.29) is 18.2 Å². The summed E-state index contributed by atoms with van der Waals surface area (Å²) in [4.78, 5) is 15.5. The van der Waals surface area contributed by atoms with E-state index < -0.39 is 0 Å². The van der Waals surface area contributed by atoms with Gasteiger partial charge in [0.2, 0.25) is 5.91 Å². The minimum absolute atomic E-state index is 0.0108. The van der Waals surface area contributed by atoms with Gasteiger partial charge in [-0.1, -0.05) is 20.8 Å². The Bertz CT molecular complexity index is 318. The summed E-state index contributed by atoms with van der Waals surface area (Å²) in [5.74, 6) is 1.57. The quantitative estimate of drug-likeness (QED) is 0.807. The van der Waals surface area contributed by atoms with Gasteiger partial charge in [0.15, 0.2) is 5.89 Å². The zero-order valence-electron chi connectivity index (χ0n) is 9.54. The second kappa shape index (κ2) is 5.53. The molecule has 0 aromatic carbocycles. The molecule has 4 nitrogen and oxygen atoms in total. The van der Waals surface area contributed by atoms with E-state index in [4.69, 9.17) is 4.42 Å². The summed E-state index contributed by atoms with van der Waals surface area (Å²) in [7, 11) is 0. The van der Waals surface area contributed by atoms with E-state index in [1.54, 1.807) is 6.20 Å². The number of rotatable bonds is 5. The first-order valence-electron chi connectivity index (χ1n) is 5.34. The fourth-order valence-corrected chi connectivity index (χ4v) is 1.16. The van der Waals surface area contributed by atoms with Crippen molar-refractivity contribution in [1.82, 2.24) is 10.3 Å². The van der Waals surface area contributed by atoms with Crippen molar-refractivity contribution in [1.29, 1.82) is 0 Å². The fourth-order valence-electron chi connectivity index (χ4n) is 1.16. The highest BCUT2D eigenvalue weighted by molar-refractivity contribution is 5.77. The Morgan fingerprint density at radius 3 is 2.87 bits per heavy atom. The first-order valence-corrected chi connectivity index (χ1v) is 5.34. The number of amides is 1. The molecule has 1 aromatic heterocycles. The van der Waals surface area contributed by atoms with Crippen LogP contribution in [0.2, 0.25) is 0 Å². The van der Waals surface area contributed by atoms with Gasteiger partial charge in [0.1, 0.15) is 5.76 Å². The van der Waals surface area contributed by atoms with Gasteiger partial charge < -0.3 is 9.73 Å². The zero-order chi connectivity index (χ0) is 11.3.